The third-order valence-electron chi connectivity index (χ3n) is 8.16. The Kier molecular flexibility index (Phi) is 10.9. The monoisotopic (exact) mass is 599 g/mol. The summed E-state index contributed by atoms with van der Waals surface area (Å²) in [5, 5.41) is 0. The maximum atomic E-state index is 12.9. The zero-order chi connectivity index (χ0) is 28.0. The van der Waals surface area contributed by atoms with Gasteiger partial charge in [-0.1, -0.05) is 31.2 Å². The summed E-state index contributed by atoms with van der Waals surface area (Å²) in [5.74, 6) is 0.971. The van der Waals surface area contributed by atoms with Gasteiger partial charge in [-0.2, -0.15) is 8.42 Å². The number of para-hydroxylation sites is 1. The Labute approximate surface area is 251 Å². The van der Waals surface area contributed by atoms with E-state index in [1.54, 1.807) is 25.3 Å². The summed E-state index contributed by atoms with van der Waals surface area (Å²) in [6.45, 7) is 9.77. The molecular weight excluding hydrogens is 558 g/mol. The van der Waals surface area contributed by atoms with Gasteiger partial charge in [0.25, 0.3) is 0 Å². The first-order chi connectivity index (χ1) is 19.4. The average Bonchev–Trinajstić information content (AvgIpc) is 2.99. The number of hydrogen-bond acceptors (Lipinski definition) is 7. The number of ether oxygens (including phenoxy) is 1. The number of aryl methyl sites for hydroxylation is 1. The summed E-state index contributed by atoms with van der Waals surface area (Å²) in [4.78, 5) is 7.83. The molecule has 1 aliphatic carbocycles. The quantitative estimate of drug-likeness (QED) is 0.278. The summed E-state index contributed by atoms with van der Waals surface area (Å²) in [7, 11) is -2.37. The molecule has 0 bridgehead atoms. The Morgan fingerprint density at radius 2 is 1.59 bits per heavy atom. The van der Waals surface area contributed by atoms with E-state index in [2.05, 4.69) is 52.0 Å². The standard InChI is InChI=1S/C32H41N3O4S.ClH/c1-3-17-34(21-18-33-19-22-35(23-20-33)28-7-5-4-6-8-28)29-11-9-26-10-12-31(25-27(26)24-29)39-40(36,37)32-15-13-30(38-2)14-16-32;/h4-8,10,12-16,25,29H,3,9,11,17-24H2,1-2H3;1H/t29-;/m1./s1. The number of halogens is 1. The molecule has 2 aliphatic rings. The van der Waals surface area contributed by atoms with Crippen LogP contribution in [-0.2, 0) is 23.0 Å². The number of nitrogens with zero attached hydrogens (tertiary/aromatic N) is 3. The van der Waals surface area contributed by atoms with E-state index in [0.29, 0.717) is 17.5 Å². The summed E-state index contributed by atoms with van der Waals surface area (Å²) in [5.41, 5.74) is 3.80. The summed E-state index contributed by atoms with van der Waals surface area (Å²) < 4.78 is 36.5. The molecule has 1 heterocycles. The second-order valence-electron chi connectivity index (χ2n) is 10.7. The number of anilines is 1. The maximum Gasteiger partial charge on any atom is 0.339 e. The molecule has 222 valence electrons. The first-order valence-corrected chi connectivity index (χ1v) is 15.8. The van der Waals surface area contributed by atoms with Crippen LogP contribution in [0.15, 0.2) is 77.7 Å². The van der Waals surface area contributed by atoms with Crippen LogP contribution >= 0.6 is 12.4 Å². The van der Waals surface area contributed by atoms with Crippen LogP contribution < -0.4 is 13.8 Å². The van der Waals surface area contributed by atoms with Crippen LogP contribution in [0.25, 0.3) is 0 Å². The molecule has 3 aromatic carbocycles. The number of hydrogen-bond donors (Lipinski definition) is 0. The fourth-order valence-electron chi connectivity index (χ4n) is 5.90. The van der Waals surface area contributed by atoms with Crippen molar-refractivity contribution in [3.8, 4) is 11.5 Å². The number of piperazine rings is 1. The minimum absolute atomic E-state index is 0. The molecule has 1 saturated heterocycles. The van der Waals surface area contributed by atoms with E-state index in [-0.39, 0.29) is 17.3 Å². The van der Waals surface area contributed by atoms with Crippen molar-refractivity contribution in [2.45, 2.75) is 43.5 Å². The molecule has 1 aliphatic heterocycles. The first kappa shape index (κ1) is 31.2. The predicted octanol–water partition coefficient (Wildman–Crippen LogP) is 5.28. The molecule has 0 aromatic heterocycles. The van der Waals surface area contributed by atoms with Crippen molar-refractivity contribution in [2.24, 2.45) is 0 Å². The highest BCUT2D eigenvalue weighted by molar-refractivity contribution is 7.87. The third kappa shape index (κ3) is 7.95. The maximum absolute atomic E-state index is 12.9. The zero-order valence-corrected chi connectivity index (χ0v) is 25.7. The normalized spacial score (nSPS) is 17.5. The summed E-state index contributed by atoms with van der Waals surface area (Å²) in [6, 6.07) is 23.1. The molecule has 1 fully saturated rings. The average molecular weight is 600 g/mol. The highest BCUT2D eigenvalue weighted by Gasteiger charge is 2.26. The van der Waals surface area contributed by atoms with Crippen molar-refractivity contribution in [3.05, 3.63) is 83.9 Å². The van der Waals surface area contributed by atoms with Crippen molar-refractivity contribution < 1.29 is 17.3 Å². The lowest BCUT2D eigenvalue weighted by Crippen LogP contribution is -2.50. The van der Waals surface area contributed by atoms with Crippen molar-refractivity contribution in [2.75, 3.05) is 57.8 Å². The number of methoxy groups -OCH3 is 1. The van der Waals surface area contributed by atoms with Crippen molar-refractivity contribution >= 4 is 28.2 Å². The zero-order valence-electron chi connectivity index (χ0n) is 24.1. The second kappa shape index (κ2) is 14.4. The van der Waals surface area contributed by atoms with Gasteiger partial charge in [-0.05, 0) is 91.9 Å². The van der Waals surface area contributed by atoms with Gasteiger partial charge in [-0.3, -0.25) is 9.80 Å². The number of fused-ring (bicyclic) bond motifs is 1. The molecule has 0 radical (unpaired) electrons. The van der Waals surface area contributed by atoms with Crippen LogP contribution in [0.1, 0.15) is 30.9 Å². The molecule has 41 heavy (non-hydrogen) atoms. The minimum atomic E-state index is -3.92. The van der Waals surface area contributed by atoms with Crippen LogP contribution in [0.3, 0.4) is 0 Å². The van der Waals surface area contributed by atoms with E-state index in [0.717, 1.165) is 71.5 Å². The molecule has 7 nitrogen and oxygen atoms in total. The Morgan fingerprint density at radius 1 is 0.878 bits per heavy atom. The van der Waals surface area contributed by atoms with Crippen molar-refractivity contribution in [1.29, 1.82) is 0 Å². The van der Waals surface area contributed by atoms with E-state index >= 15 is 0 Å². The molecular formula is C32H42ClN3O4S. The fraction of sp³-hybridized carbons (Fsp3) is 0.438. The highest BCUT2D eigenvalue weighted by atomic mass is 35.5. The van der Waals surface area contributed by atoms with E-state index in [9.17, 15) is 8.42 Å². The van der Waals surface area contributed by atoms with E-state index in [1.165, 1.54) is 28.9 Å². The lowest BCUT2D eigenvalue weighted by Gasteiger charge is -2.39. The second-order valence-corrected chi connectivity index (χ2v) is 12.3. The topological polar surface area (TPSA) is 62.3 Å². The van der Waals surface area contributed by atoms with E-state index in [4.69, 9.17) is 8.92 Å². The molecule has 9 heteroatoms. The minimum Gasteiger partial charge on any atom is -0.497 e. The van der Waals surface area contributed by atoms with Gasteiger partial charge in [-0.25, -0.2) is 0 Å². The van der Waals surface area contributed by atoms with E-state index in [1.807, 2.05) is 12.1 Å². The van der Waals surface area contributed by atoms with Gasteiger partial charge >= 0.3 is 10.1 Å². The van der Waals surface area contributed by atoms with Crippen LogP contribution in [0.5, 0.6) is 11.5 Å². The molecule has 1 atom stereocenters. The molecule has 0 saturated carbocycles. The van der Waals surface area contributed by atoms with Crippen LogP contribution in [-0.4, -0.2) is 77.2 Å². The fourth-order valence-corrected chi connectivity index (χ4v) is 6.82. The number of benzene rings is 3. The molecule has 0 N–H and O–H groups in total. The van der Waals surface area contributed by atoms with Crippen molar-refractivity contribution in [1.82, 2.24) is 9.80 Å². The molecule has 5 rings (SSSR count). The van der Waals surface area contributed by atoms with E-state index < -0.39 is 10.1 Å². The summed E-state index contributed by atoms with van der Waals surface area (Å²) in [6.07, 6.45) is 4.16. The van der Waals surface area contributed by atoms with Gasteiger partial charge in [-0.15, -0.1) is 12.4 Å². The molecule has 0 amide bonds. The van der Waals surface area contributed by atoms with Crippen LogP contribution in [0.4, 0.5) is 5.69 Å². The van der Waals surface area contributed by atoms with Gasteiger partial charge in [0.05, 0.1) is 7.11 Å². The Hall–Kier alpha value is -2.78. The van der Waals surface area contributed by atoms with Gasteiger partial charge in [0.15, 0.2) is 0 Å². The van der Waals surface area contributed by atoms with Gasteiger partial charge in [0.1, 0.15) is 16.4 Å². The van der Waals surface area contributed by atoms with Gasteiger partial charge in [0.2, 0.25) is 0 Å². The smallest absolute Gasteiger partial charge is 0.339 e. The summed E-state index contributed by atoms with van der Waals surface area (Å²) >= 11 is 0. The predicted molar refractivity (Wildman–Crippen MR) is 167 cm³/mol. The largest absolute Gasteiger partial charge is 0.497 e. The lowest BCUT2D eigenvalue weighted by molar-refractivity contribution is 0.145. The Bertz CT molecular complexity index is 1350. The Morgan fingerprint density at radius 3 is 2.27 bits per heavy atom. The van der Waals surface area contributed by atoms with Gasteiger partial charge < -0.3 is 13.8 Å². The van der Waals surface area contributed by atoms with Crippen LogP contribution in [0.2, 0.25) is 0 Å². The highest BCUT2D eigenvalue weighted by Crippen LogP contribution is 2.30. The molecule has 0 spiro atoms. The Balaban J connectivity index is 0.00000387. The molecule has 3 aromatic rings. The van der Waals surface area contributed by atoms with Crippen LogP contribution in [0, 0.1) is 0 Å². The molecule has 0 unspecified atom stereocenters. The third-order valence-corrected chi connectivity index (χ3v) is 9.42. The van der Waals surface area contributed by atoms with Gasteiger partial charge in [0, 0.05) is 51.0 Å². The number of rotatable bonds is 11. The SMILES string of the molecule is CCCN(CCN1CCN(c2ccccc2)CC1)[C@@H]1CCc2ccc(OS(=O)(=O)c3ccc(OC)cc3)cc2C1.Cl. The first-order valence-electron chi connectivity index (χ1n) is 14.4. The van der Waals surface area contributed by atoms with Crippen molar-refractivity contribution in [3.63, 3.8) is 0 Å². The lowest BCUT2D eigenvalue weighted by atomic mass is 9.87.